The van der Waals surface area contributed by atoms with Crippen molar-refractivity contribution in [2.24, 2.45) is 20.5 Å². The fourth-order valence-electron chi connectivity index (χ4n) is 7.63. The largest absolute Gasteiger partial charge is 0.390 e. The van der Waals surface area contributed by atoms with Crippen LogP contribution in [-0.4, -0.2) is 114 Å². The van der Waals surface area contributed by atoms with Gasteiger partial charge in [0.05, 0.1) is 69.0 Å². The van der Waals surface area contributed by atoms with Gasteiger partial charge < -0.3 is 48.5 Å². The van der Waals surface area contributed by atoms with Gasteiger partial charge in [-0.05, 0) is 52.2 Å². The molecule has 0 amide bonds. The molecule has 3 fully saturated rings. The highest BCUT2D eigenvalue weighted by molar-refractivity contribution is 5.16. The molecule has 22 nitrogen and oxygen atoms in total. The molecule has 2 heterocycles. The lowest BCUT2D eigenvalue weighted by molar-refractivity contribution is -0.343. The van der Waals surface area contributed by atoms with E-state index in [0.717, 1.165) is 16.7 Å². The van der Waals surface area contributed by atoms with Crippen LogP contribution < -0.4 is 0 Å². The molecule has 1 saturated carbocycles. The number of hydrogen-bond donors (Lipinski definition) is 3. The minimum absolute atomic E-state index is 0.0857. The van der Waals surface area contributed by atoms with Gasteiger partial charge in [0.2, 0.25) is 0 Å². The molecular weight excluding hydrogens is 797 g/mol. The third-order valence-electron chi connectivity index (χ3n) is 10.7. The minimum Gasteiger partial charge on any atom is -0.390 e. The van der Waals surface area contributed by atoms with Crippen molar-refractivity contribution in [3.63, 3.8) is 0 Å². The van der Waals surface area contributed by atoms with Gasteiger partial charge in [0, 0.05) is 19.6 Å². The molecule has 6 rings (SSSR count). The van der Waals surface area contributed by atoms with Crippen molar-refractivity contribution in [3.05, 3.63) is 149 Å². The molecule has 1 aliphatic carbocycles. The maximum absolute atomic E-state index is 12.2. The van der Waals surface area contributed by atoms with Gasteiger partial charge in [-0.2, -0.15) is 0 Å². The Bertz CT molecular complexity index is 2040. The van der Waals surface area contributed by atoms with Gasteiger partial charge in [-0.3, -0.25) is 0 Å². The summed E-state index contributed by atoms with van der Waals surface area (Å²) in [5, 5.41) is 48.4. The topological polar surface area (TPSA) is 320 Å². The van der Waals surface area contributed by atoms with E-state index in [0.29, 0.717) is 0 Å². The molecule has 0 unspecified atom stereocenters. The Hall–Kier alpha value is -5.50. The van der Waals surface area contributed by atoms with Crippen LogP contribution in [0.2, 0.25) is 0 Å². The Kier molecular flexibility index (Phi) is 16.5. The number of aliphatic hydroxyl groups excluding tert-OH is 3. The molecule has 3 aromatic carbocycles. The SMILES string of the molecule is C[C@@H]1O[C@@H](O[C@@H]2[C@@H](O)[C@H](O[C@H]3O[C@H](CN=[N+]=[N-])[C@@H](O)[C@H](O)[C@H]3N=[N+]=[N-])[C@@H](N=[N+]=[N-])C[C@H]2N=[N+]=[N-])[C@@H](OCc2ccccc2)[C@H](OCc2ccccc2)[C@@H]1OCc1ccccc1. The molecule has 322 valence electrons. The maximum atomic E-state index is 12.2. The van der Waals surface area contributed by atoms with Crippen LogP contribution in [-0.2, 0) is 53.0 Å². The highest BCUT2D eigenvalue weighted by Gasteiger charge is 2.54. The van der Waals surface area contributed by atoms with E-state index in [2.05, 4.69) is 40.1 Å². The fraction of sp³-hybridized carbons (Fsp3) is 0.538. The first kappa shape index (κ1) is 45.0. The summed E-state index contributed by atoms with van der Waals surface area (Å²) in [6.07, 6.45) is -16.0. The average Bonchev–Trinajstić information content (AvgIpc) is 3.27. The van der Waals surface area contributed by atoms with Crippen LogP contribution in [0.25, 0.3) is 41.8 Å². The molecule has 0 radical (unpaired) electrons. The lowest BCUT2D eigenvalue weighted by Crippen LogP contribution is -2.65. The van der Waals surface area contributed by atoms with Crippen molar-refractivity contribution in [2.75, 3.05) is 6.54 Å². The lowest BCUT2D eigenvalue weighted by atomic mass is 9.84. The predicted molar refractivity (Wildman–Crippen MR) is 213 cm³/mol. The molecule has 2 aliphatic heterocycles. The van der Waals surface area contributed by atoms with Gasteiger partial charge in [0.1, 0.15) is 36.6 Å². The van der Waals surface area contributed by atoms with Crippen LogP contribution in [0.3, 0.4) is 0 Å². The molecule has 0 aromatic heterocycles. The van der Waals surface area contributed by atoms with Crippen LogP contribution in [0.15, 0.2) is 111 Å². The van der Waals surface area contributed by atoms with Crippen LogP contribution in [0.5, 0.6) is 0 Å². The quantitative estimate of drug-likeness (QED) is 0.0783. The number of ether oxygens (including phenoxy) is 7. The van der Waals surface area contributed by atoms with E-state index in [1.807, 2.05) is 91.0 Å². The van der Waals surface area contributed by atoms with Crippen molar-refractivity contribution in [2.45, 2.75) is 125 Å². The van der Waals surface area contributed by atoms with E-state index >= 15 is 0 Å². The Morgan fingerprint density at radius 3 is 1.52 bits per heavy atom. The van der Waals surface area contributed by atoms with Crippen molar-refractivity contribution >= 4 is 0 Å². The summed E-state index contributed by atoms with van der Waals surface area (Å²) in [6, 6.07) is 24.5. The molecule has 22 heteroatoms. The van der Waals surface area contributed by atoms with Crippen molar-refractivity contribution in [1.82, 2.24) is 0 Å². The lowest BCUT2D eigenvalue weighted by Gasteiger charge is -2.49. The van der Waals surface area contributed by atoms with Crippen LogP contribution >= 0.6 is 0 Å². The summed E-state index contributed by atoms with van der Waals surface area (Å²) in [5.74, 6) is 0. The molecule has 15 atom stereocenters. The van der Waals surface area contributed by atoms with E-state index in [4.69, 9.17) is 38.7 Å². The Morgan fingerprint density at radius 2 is 1.03 bits per heavy atom. The molecule has 61 heavy (non-hydrogen) atoms. The number of azide groups is 4. The number of rotatable bonds is 18. The minimum atomic E-state index is -1.78. The van der Waals surface area contributed by atoms with E-state index in [1.165, 1.54) is 0 Å². The second-order valence-corrected chi connectivity index (χ2v) is 14.6. The zero-order valence-electron chi connectivity index (χ0n) is 32.9. The molecule has 3 aromatic rings. The van der Waals surface area contributed by atoms with Crippen molar-refractivity contribution < 1.29 is 48.5 Å². The fourth-order valence-corrected chi connectivity index (χ4v) is 7.63. The van der Waals surface area contributed by atoms with E-state index in [-0.39, 0.29) is 26.2 Å². The third kappa shape index (κ3) is 11.5. The normalized spacial score (nSPS) is 33.5. The van der Waals surface area contributed by atoms with E-state index in [9.17, 15) is 31.9 Å². The molecule has 3 aliphatic rings. The Labute approximate surface area is 349 Å². The summed E-state index contributed by atoms with van der Waals surface area (Å²) in [6.45, 7) is 1.81. The zero-order valence-corrected chi connectivity index (χ0v) is 32.9. The van der Waals surface area contributed by atoms with Crippen molar-refractivity contribution in [1.29, 1.82) is 0 Å². The zero-order chi connectivity index (χ0) is 43.1. The van der Waals surface area contributed by atoms with Gasteiger partial charge in [0.15, 0.2) is 12.6 Å². The number of aliphatic hydroxyl groups is 3. The predicted octanol–water partition coefficient (Wildman–Crippen LogP) is 5.82. The van der Waals surface area contributed by atoms with Gasteiger partial charge >= 0.3 is 0 Å². The van der Waals surface area contributed by atoms with Gasteiger partial charge in [-0.25, -0.2) is 0 Å². The second-order valence-electron chi connectivity index (χ2n) is 14.6. The first-order valence-electron chi connectivity index (χ1n) is 19.5. The van der Waals surface area contributed by atoms with Gasteiger partial charge in [-0.1, -0.05) is 111 Å². The highest BCUT2D eigenvalue weighted by atomic mass is 16.7. The molecule has 2 saturated heterocycles. The second kappa shape index (κ2) is 22.4. The summed E-state index contributed by atoms with van der Waals surface area (Å²) in [5.41, 5.74) is 40.0. The Balaban J connectivity index is 1.34. The number of hydrogen-bond acceptors (Lipinski definition) is 14. The summed E-state index contributed by atoms with van der Waals surface area (Å²) in [7, 11) is 0. The standard InChI is InChI=1S/C39H46N12O10/c1-22-33(55-19-23-11-5-2-6-12-23)36(56-20-24-13-7-3-8-14-24)37(57-21-25-15-9-4-10-16-25)39(58-22)61-35-27(46-50-42)17-26(45-49-41)34(32(35)54)60-38-29(47-51-43)31(53)30(52)28(59-38)18-44-48-40/h2-16,22,26-39,52-54H,17-21H2,1H3/t22-,26-,27+,28+,29+,30+,31+,32-,33+,34+,35-,36+,37-,38+,39-/m0/s1. The maximum Gasteiger partial charge on any atom is 0.187 e. The molecule has 0 bridgehead atoms. The monoisotopic (exact) mass is 842 g/mol. The Morgan fingerprint density at radius 1 is 0.557 bits per heavy atom. The summed E-state index contributed by atoms with van der Waals surface area (Å²) in [4.78, 5) is 11.3. The van der Waals surface area contributed by atoms with Crippen LogP contribution in [0, 0.1) is 0 Å². The number of benzene rings is 3. The summed E-state index contributed by atoms with van der Waals surface area (Å²) >= 11 is 0. The molecule has 3 N–H and O–H groups in total. The molecule has 0 spiro atoms. The first-order valence-corrected chi connectivity index (χ1v) is 19.5. The first-order chi connectivity index (χ1) is 29.8. The van der Waals surface area contributed by atoms with Crippen LogP contribution in [0.1, 0.15) is 30.0 Å². The smallest absolute Gasteiger partial charge is 0.187 e. The van der Waals surface area contributed by atoms with Gasteiger partial charge in [-0.15, -0.1) is 0 Å². The average molecular weight is 843 g/mol. The third-order valence-corrected chi connectivity index (χ3v) is 10.7. The van der Waals surface area contributed by atoms with E-state index in [1.54, 1.807) is 6.92 Å². The van der Waals surface area contributed by atoms with E-state index < -0.39 is 98.3 Å². The van der Waals surface area contributed by atoms with Gasteiger partial charge in [0.25, 0.3) is 0 Å². The molecular formula is C39H46N12O10. The van der Waals surface area contributed by atoms with Crippen molar-refractivity contribution in [3.8, 4) is 0 Å². The van der Waals surface area contributed by atoms with Crippen LogP contribution in [0.4, 0.5) is 0 Å². The summed E-state index contributed by atoms with van der Waals surface area (Å²) < 4.78 is 44.9. The number of nitrogens with zero attached hydrogens (tertiary/aromatic N) is 12. The highest BCUT2D eigenvalue weighted by Crippen LogP contribution is 2.37.